The van der Waals surface area contributed by atoms with E-state index in [0.29, 0.717) is 35.0 Å². The normalized spacial score (nSPS) is 43.2. The van der Waals surface area contributed by atoms with Crippen LogP contribution in [-0.2, 0) is 19.1 Å². The Bertz CT molecular complexity index is 830. The number of ether oxygens (including phenoxy) is 2. The van der Waals surface area contributed by atoms with Crippen LogP contribution in [0.4, 0.5) is 0 Å². The molecule has 0 heterocycles. The van der Waals surface area contributed by atoms with E-state index >= 15 is 0 Å². The maximum atomic E-state index is 12.1. The van der Waals surface area contributed by atoms with E-state index in [9.17, 15) is 9.59 Å². The summed E-state index contributed by atoms with van der Waals surface area (Å²) in [6, 6.07) is 0. The standard InChI is InChI=1S/C31H50O4/c1-19(2)9-8-10-20(3)29-28(35-22(5)33)18-27-25-12-11-23-17-24(34-21(4)32)13-15-30(23,6)26(25)14-16-31(27,29)7/h10,19,23-29H,8-9,11-18H2,1-7H3/b20-10+/t23-,24-,25+,26-,27-,28-,29-,30-,31-/m0/s1. The van der Waals surface area contributed by atoms with Crippen LogP contribution in [0.3, 0.4) is 0 Å². The van der Waals surface area contributed by atoms with Gasteiger partial charge in [0.2, 0.25) is 0 Å². The minimum absolute atomic E-state index is 0.0155. The molecule has 0 bridgehead atoms. The minimum atomic E-state index is -0.133. The Morgan fingerprint density at radius 3 is 2.23 bits per heavy atom. The largest absolute Gasteiger partial charge is 0.463 e. The van der Waals surface area contributed by atoms with Gasteiger partial charge in [-0.3, -0.25) is 9.59 Å². The highest BCUT2D eigenvalue weighted by molar-refractivity contribution is 5.66. The van der Waals surface area contributed by atoms with Gasteiger partial charge in [-0.1, -0.05) is 39.3 Å². The molecule has 0 aliphatic heterocycles. The summed E-state index contributed by atoms with van der Waals surface area (Å²) in [6.07, 6.45) is 14.2. The number of hydrogen-bond donors (Lipinski definition) is 0. The minimum Gasteiger partial charge on any atom is -0.463 e. The predicted octanol–water partition coefficient (Wildman–Crippen LogP) is 7.50. The van der Waals surface area contributed by atoms with Crippen LogP contribution in [0.5, 0.6) is 0 Å². The lowest BCUT2D eigenvalue weighted by atomic mass is 9.44. The SMILES string of the molecule is CC(=O)O[C@H]1CC[C@@]2(C)[C@@H](CC[C@@H]3[C@@H]2CC[C@@]2(C)[C@H]3C[C@H](OC(C)=O)[C@@H]2/C(C)=C/CCC(C)C)C1. The molecule has 0 N–H and O–H groups in total. The van der Waals surface area contributed by atoms with E-state index in [1.807, 2.05) is 0 Å². The van der Waals surface area contributed by atoms with E-state index in [-0.39, 0.29) is 29.6 Å². The molecule has 4 aliphatic rings. The molecule has 0 amide bonds. The smallest absolute Gasteiger partial charge is 0.302 e. The van der Waals surface area contributed by atoms with Crippen molar-refractivity contribution in [2.75, 3.05) is 0 Å². The van der Waals surface area contributed by atoms with E-state index in [4.69, 9.17) is 9.47 Å². The monoisotopic (exact) mass is 486 g/mol. The van der Waals surface area contributed by atoms with Crippen LogP contribution in [0.2, 0.25) is 0 Å². The van der Waals surface area contributed by atoms with Crippen LogP contribution in [0.25, 0.3) is 0 Å². The van der Waals surface area contributed by atoms with Crippen LogP contribution in [0.1, 0.15) is 113 Å². The van der Waals surface area contributed by atoms with Gasteiger partial charge in [0.05, 0.1) is 0 Å². The van der Waals surface area contributed by atoms with Crippen LogP contribution >= 0.6 is 0 Å². The van der Waals surface area contributed by atoms with Crippen molar-refractivity contribution in [2.45, 2.75) is 125 Å². The number of esters is 2. The number of hydrogen-bond acceptors (Lipinski definition) is 4. The molecule has 0 aromatic carbocycles. The first kappa shape index (κ1) is 26.7. The molecule has 4 rings (SSSR count). The third-order valence-corrected chi connectivity index (χ3v) is 11.0. The molecule has 4 saturated carbocycles. The first-order valence-corrected chi connectivity index (χ1v) is 14.5. The Kier molecular flexibility index (Phi) is 7.80. The molecule has 0 unspecified atom stereocenters. The van der Waals surface area contributed by atoms with Gasteiger partial charge in [0.1, 0.15) is 12.2 Å². The molecular weight excluding hydrogens is 436 g/mol. The molecule has 0 spiro atoms. The summed E-state index contributed by atoms with van der Waals surface area (Å²) in [5, 5.41) is 0. The highest BCUT2D eigenvalue weighted by Gasteiger charge is 2.63. The maximum Gasteiger partial charge on any atom is 0.302 e. The summed E-state index contributed by atoms with van der Waals surface area (Å²) < 4.78 is 11.7. The van der Waals surface area contributed by atoms with Crippen LogP contribution in [0, 0.1) is 46.3 Å². The van der Waals surface area contributed by atoms with Crippen molar-refractivity contribution in [3.05, 3.63) is 11.6 Å². The maximum absolute atomic E-state index is 12.1. The number of fused-ring (bicyclic) bond motifs is 5. The van der Waals surface area contributed by atoms with Gasteiger partial charge in [0, 0.05) is 19.8 Å². The molecule has 4 nitrogen and oxygen atoms in total. The lowest BCUT2D eigenvalue weighted by molar-refractivity contribution is -0.160. The Morgan fingerprint density at radius 1 is 0.886 bits per heavy atom. The molecule has 35 heavy (non-hydrogen) atoms. The summed E-state index contributed by atoms with van der Waals surface area (Å²) in [5.41, 5.74) is 2.00. The van der Waals surface area contributed by atoms with Gasteiger partial charge in [-0.15, -0.1) is 0 Å². The highest BCUT2D eigenvalue weighted by Crippen LogP contribution is 2.68. The summed E-state index contributed by atoms with van der Waals surface area (Å²) in [4.78, 5) is 23.7. The molecule has 4 aliphatic carbocycles. The van der Waals surface area contributed by atoms with Crippen LogP contribution in [0.15, 0.2) is 11.6 Å². The average Bonchev–Trinajstić information content (AvgIpc) is 3.04. The second-order valence-corrected chi connectivity index (χ2v) is 13.5. The molecule has 0 saturated heterocycles. The first-order chi connectivity index (χ1) is 16.5. The van der Waals surface area contributed by atoms with E-state index in [1.165, 1.54) is 44.1 Å². The second kappa shape index (κ2) is 10.2. The Morgan fingerprint density at radius 2 is 1.57 bits per heavy atom. The molecule has 0 radical (unpaired) electrons. The van der Waals surface area contributed by atoms with Gasteiger partial charge in [-0.25, -0.2) is 0 Å². The summed E-state index contributed by atoms with van der Waals surface area (Å²) in [6.45, 7) is 15.1. The van der Waals surface area contributed by atoms with Gasteiger partial charge < -0.3 is 9.47 Å². The fraction of sp³-hybridized carbons (Fsp3) is 0.871. The van der Waals surface area contributed by atoms with Crippen molar-refractivity contribution >= 4 is 11.9 Å². The zero-order valence-corrected chi connectivity index (χ0v) is 23.4. The average molecular weight is 487 g/mol. The fourth-order valence-corrected chi connectivity index (χ4v) is 9.46. The molecule has 9 atom stereocenters. The zero-order valence-electron chi connectivity index (χ0n) is 23.4. The molecule has 0 aromatic heterocycles. The topological polar surface area (TPSA) is 52.6 Å². The Labute approximate surface area is 214 Å². The number of allylic oxidation sites excluding steroid dienone is 1. The van der Waals surface area contributed by atoms with E-state index in [2.05, 4.69) is 40.7 Å². The van der Waals surface area contributed by atoms with Crippen molar-refractivity contribution in [3.63, 3.8) is 0 Å². The fourth-order valence-electron chi connectivity index (χ4n) is 9.46. The summed E-state index contributed by atoms with van der Waals surface area (Å²) >= 11 is 0. The Balaban J connectivity index is 1.56. The lowest BCUT2D eigenvalue weighted by Gasteiger charge is -2.61. The summed E-state index contributed by atoms with van der Waals surface area (Å²) in [7, 11) is 0. The van der Waals surface area contributed by atoms with E-state index < -0.39 is 0 Å². The first-order valence-electron chi connectivity index (χ1n) is 14.5. The van der Waals surface area contributed by atoms with Gasteiger partial charge in [-0.05, 0) is 112 Å². The van der Waals surface area contributed by atoms with Crippen molar-refractivity contribution in [1.29, 1.82) is 0 Å². The third-order valence-electron chi connectivity index (χ3n) is 11.0. The molecule has 4 heteroatoms. The van der Waals surface area contributed by atoms with Gasteiger partial charge >= 0.3 is 11.9 Å². The predicted molar refractivity (Wildman–Crippen MR) is 140 cm³/mol. The molecule has 4 fully saturated rings. The van der Waals surface area contributed by atoms with Gasteiger partial charge in [-0.2, -0.15) is 0 Å². The quantitative estimate of drug-likeness (QED) is 0.288. The lowest BCUT2D eigenvalue weighted by Crippen LogP contribution is -2.54. The molecule has 0 aromatic rings. The number of rotatable bonds is 6. The van der Waals surface area contributed by atoms with Gasteiger partial charge in [0.25, 0.3) is 0 Å². The van der Waals surface area contributed by atoms with Crippen molar-refractivity contribution in [1.82, 2.24) is 0 Å². The third kappa shape index (κ3) is 5.10. The number of carbonyl (C=O) groups is 2. The van der Waals surface area contributed by atoms with Crippen molar-refractivity contribution < 1.29 is 19.1 Å². The van der Waals surface area contributed by atoms with Gasteiger partial charge in [0.15, 0.2) is 0 Å². The number of carbonyl (C=O) groups excluding carboxylic acids is 2. The molecular formula is C31H50O4. The van der Waals surface area contributed by atoms with Crippen LogP contribution < -0.4 is 0 Å². The zero-order chi connectivity index (χ0) is 25.5. The van der Waals surface area contributed by atoms with Crippen molar-refractivity contribution in [3.8, 4) is 0 Å². The Hall–Kier alpha value is -1.32. The van der Waals surface area contributed by atoms with E-state index in [0.717, 1.165) is 31.6 Å². The van der Waals surface area contributed by atoms with Crippen LogP contribution in [-0.4, -0.2) is 24.1 Å². The second-order valence-electron chi connectivity index (χ2n) is 13.5. The van der Waals surface area contributed by atoms with E-state index in [1.54, 1.807) is 13.8 Å². The molecule has 198 valence electrons. The highest BCUT2D eigenvalue weighted by atomic mass is 16.5. The van der Waals surface area contributed by atoms with Crippen molar-refractivity contribution in [2.24, 2.45) is 46.3 Å². The summed E-state index contributed by atoms with van der Waals surface area (Å²) in [5.74, 6) is 3.51.